The third-order valence-electron chi connectivity index (χ3n) is 4.53. The van der Waals surface area contributed by atoms with Gasteiger partial charge in [0.25, 0.3) is 0 Å². The Labute approximate surface area is 149 Å². The number of fused-ring (bicyclic) bond motifs is 2. The average molecular weight is 335 g/mol. The second-order valence-corrected chi connectivity index (χ2v) is 6.36. The summed E-state index contributed by atoms with van der Waals surface area (Å²) in [6.45, 7) is 3.13. The molecule has 3 aromatic carbocycles. The van der Waals surface area contributed by atoms with Gasteiger partial charge in [-0.05, 0) is 34.0 Å². The predicted molar refractivity (Wildman–Crippen MR) is 104 cm³/mol. The van der Waals surface area contributed by atoms with Crippen LogP contribution >= 0.6 is 0 Å². The lowest BCUT2D eigenvalue weighted by molar-refractivity contribution is 0.140. The highest BCUT2D eigenvalue weighted by Crippen LogP contribution is 2.29. The van der Waals surface area contributed by atoms with E-state index >= 15 is 0 Å². The maximum absolute atomic E-state index is 12.0. The molecule has 0 saturated heterocycles. The smallest absolute Gasteiger partial charge is 0.407 e. The summed E-state index contributed by atoms with van der Waals surface area (Å²) < 4.78 is 5.50. The SMILES string of the molecule is CCCCCCNC(=O)OCc1c2ccccc2cc2ccccc12. The summed E-state index contributed by atoms with van der Waals surface area (Å²) in [5, 5.41) is 7.45. The number of unbranched alkanes of at least 4 members (excludes halogenated alkanes) is 3. The molecule has 1 N–H and O–H groups in total. The van der Waals surface area contributed by atoms with Gasteiger partial charge in [-0.25, -0.2) is 4.79 Å². The Morgan fingerprint density at radius 1 is 0.920 bits per heavy atom. The third-order valence-corrected chi connectivity index (χ3v) is 4.53. The number of hydrogen-bond acceptors (Lipinski definition) is 2. The molecule has 130 valence electrons. The molecule has 0 aromatic heterocycles. The standard InChI is InChI=1S/C22H25NO2/c1-2-3-4-9-14-23-22(24)25-16-21-19-12-7-5-10-17(19)15-18-11-6-8-13-20(18)21/h5-8,10-13,15H,2-4,9,14,16H2,1H3,(H,23,24). The molecular formula is C22H25NO2. The number of rotatable bonds is 7. The van der Waals surface area contributed by atoms with Gasteiger partial charge < -0.3 is 10.1 Å². The van der Waals surface area contributed by atoms with Gasteiger partial charge in [0.15, 0.2) is 0 Å². The molecule has 0 spiro atoms. The molecule has 0 aliphatic rings. The molecule has 0 aliphatic carbocycles. The van der Waals surface area contributed by atoms with Gasteiger partial charge in [-0.3, -0.25) is 0 Å². The third kappa shape index (κ3) is 4.30. The summed E-state index contributed by atoms with van der Waals surface area (Å²) in [4.78, 5) is 12.0. The van der Waals surface area contributed by atoms with E-state index < -0.39 is 0 Å². The largest absolute Gasteiger partial charge is 0.445 e. The molecule has 0 heterocycles. The minimum Gasteiger partial charge on any atom is -0.445 e. The minimum atomic E-state index is -0.339. The number of carbonyl (C=O) groups excluding carboxylic acids is 1. The zero-order valence-electron chi connectivity index (χ0n) is 14.8. The molecule has 3 heteroatoms. The summed E-state index contributed by atoms with van der Waals surface area (Å²) in [6, 6.07) is 18.7. The minimum absolute atomic E-state index is 0.280. The molecule has 0 atom stereocenters. The quantitative estimate of drug-likeness (QED) is 0.438. The first kappa shape index (κ1) is 17.3. The average Bonchev–Trinajstić information content (AvgIpc) is 2.65. The molecule has 0 aliphatic heterocycles. The molecular weight excluding hydrogens is 310 g/mol. The highest BCUT2D eigenvalue weighted by molar-refractivity contribution is 6.02. The Hall–Kier alpha value is -2.55. The molecule has 0 bridgehead atoms. The van der Waals surface area contributed by atoms with Crippen molar-refractivity contribution in [3.05, 3.63) is 60.2 Å². The molecule has 0 saturated carbocycles. The van der Waals surface area contributed by atoms with Crippen LogP contribution in [0.1, 0.15) is 38.2 Å². The fourth-order valence-corrected chi connectivity index (χ4v) is 3.19. The summed E-state index contributed by atoms with van der Waals surface area (Å²) >= 11 is 0. The maximum Gasteiger partial charge on any atom is 0.407 e. The van der Waals surface area contributed by atoms with Gasteiger partial charge in [0.2, 0.25) is 0 Å². The lowest BCUT2D eigenvalue weighted by Gasteiger charge is -2.12. The van der Waals surface area contributed by atoms with Crippen molar-refractivity contribution in [1.82, 2.24) is 5.32 Å². The van der Waals surface area contributed by atoms with Crippen molar-refractivity contribution in [2.45, 2.75) is 39.2 Å². The Morgan fingerprint density at radius 2 is 1.56 bits per heavy atom. The van der Waals surface area contributed by atoms with Gasteiger partial charge in [-0.2, -0.15) is 0 Å². The maximum atomic E-state index is 12.0. The van der Waals surface area contributed by atoms with E-state index in [1.807, 2.05) is 24.3 Å². The van der Waals surface area contributed by atoms with Gasteiger partial charge in [0.05, 0.1) is 0 Å². The molecule has 3 aromatic rings. The number of carbonyl (C=O) groups is 1. The van der Waals surface area contributed by atoms with Gasteiger partial charge in [0.1, 0.15) is 6.61 Å². The van der Waals surface area contributed by atoms with Crippen LogP contribution in [0.3, 0.4) is 0 Å². The summed E-state index contributed by atoms with van der Waals surface area (Å²) in [6.07, 6.45) is 4.20. The van der Waals surface area contributed by atoms with Crippen molar-refractivity contribution in [2.24, 2.45) is 0 Å². The number of hydrogen-bond donors (Lipinski definition) is 1. The molecule has 0 unspecified atom stereocenters. The second kappa shape index (κ2) is 8.52. The van der Waals surface area contributed by atoms with Crippen LogP contribution in [0.25, 0.3) is 21.5 Å². The lowest BCUT2D eigenvalue weighted by atomic mass is 9.97. The summed E-state index contributed by atoms with van der Waals surface area (Å²) in [5.41, 5.74) is 1.06. The van der Waals surface area contributed by atoms with E-state index in [2.05, 4.69) is 42.6 Å². The van der Waals surface area contributed by atoms with E-state index in [4.69, 9.17) is 4.74 Å². The Bertz CT molecular complexity index is 803. The van der Waals surface area contributed by atoms with Crippen molar-refractivity contribution >= 4 is 27.6 Å². The van der Waals surface area contributed by atoms with E-state index in [1.165, 1.54) is 23.6 Å². The number of benzene rings is 3. The highest BCUT2D eigenvalue weighted by atomic mass is 16.5. The highest BCUT2D eigenvalue weighted by Gasteiger charge is 2.10. The zero-order valence-corrected chi connectivity index (χ0v) is 14.8. The zero-order chi connectivity index (χ0) is 17.5. The topological polar surface area (TPSA) is 38.3 Å². The first-order valence-corrected chi connectivity index (χ1v) is 9.09. The second-order valence-electron chi connectivity index (χ2n) is 6.36. The number of amides is 1. The van der Waals surface area contributed by atoms with Crippen LogP contribution in [0.4, 0.5) is 4.79 Å². The van der Waals surface area contributed by atoms with Crippen LogP contribution in [0.2, 0.25) is 0 Å². The van der Waals surface area contributed by atoms with Gasteiger partial charge in [0, 0.05) is 12.1 Å². The van der Waals surface area contributed by atoms with Crippen LogP contribution in [-0.2, 0) is 11.3 Å². The fraction of sp³-hybridized carbons (Fsp3) is 0.318. The molecule has 0 fully saturated rings. The number of nitrogens with one attached hydrogen (secondary N) is 1. The van der Waals surface area contributed by atoms with E-state index in [9.17, 15) is 4.79 Å². The van der Waals surface area contributed by atoms with E-state index in [0.717, 1.165) is 29.2 Å². The molecule has 3 nitrogen and oxygen atoms in total. The fourth-order valence-electron chi connectivity index (χ4n) is 3.19. The first-order chi connectivity index (χ1) is 12.3. The van der Waals surface area contributed by atoms with Crippen LogP contribution in [0, 0.1) is 0 Å². The van der Waals surface area contributed by atoms with Crippen LogP contribution in [0.15, 0.2) is 54.6 Å². The van der Waals surface area contributed by atoms with Crippen molar-refractivity contribution in [1.29, 1.82) is 0 Å². The van der Waals surface area contributed by atoms with Gasteiger partial charge in [-0.1, -0.05) is 74.7 Å². The van der Waals surface area contributed by atoms with Crippen LogP contribution in [-0.4, -0.2) is 12.6 Å². The molecule has 3 rings (SSSR count). The number of alkyl carbamates (subject to hydrolysis) is 1. The Kier molecular flexibility index (Phi) is 5.89. The van der Waals surface area contributed by atoms with Crippen molar-refractivity contribution in [2.75, 3.05) is 6.54 Å². The molecule has 25 heavy (non-hydrogen) atoms. The van der Waals surface area contributed by atoms with E-state index in [-0.39, 0.29) is 12.7 Å². The van der Waals surface area contributed by atoms with Crippen molar-refractivity contribution in [3.63, 3.8) is 0 Å². The van der Waals surface area contributed by atoms with Gasteiger partial charge in [-0.15, -0.1) is 0 Å². The van der Waals surface area contributed by atoms with E-state index in [1.54, 1.807) is 0 Å². The number of ether oxygens (including phenoxy) is 1. The Morgan fingerprint density at radius 3 is 2.20 bits per heavy atom. The molecule has 1 amide bonds. The first-order valence-electron chi connectivity index (χ1n) is 9.09. The van der Waals surface area contributed by atoms with E-state index in [0.29, 0.717) is 6.54 Å². The van der Waals surface area contributed by atoms with Crippen LogP contribution in [0.5, 0.6) is 0 Å². The monoisotopic (exact) mass is 335 g/mol. The van der Waals surface area contributed by atoms with Crippen molar-refractivity contribution < 1.29 is 9.53 Å². The summed E-state index contributed by atoms with van der Waals surface area (Å²) in [7, 11) is 0. The normalized spacial score (nSPS) is 10.9. The Balaban J connectivity index is 1.72. The lowest BCUT2D eigenvalue weighted by Crippen LogP contribution is -2.25. The summed E-state index contributed by atoms with van der Waals surface area (Å²) in [5.74, 6) is 0. The molecule has 0 radical (unpaired) electrons. The van der Waals surface area contributed by atoms with Gasteiger partial charge >= 0.3 is 6.09 Å². The van der Waals surface area contributed by atoms with Crippen LogP contribution < -0.4 is 5.32 Å². The van der Waals surface area contributed by atoms with Crippen molar-refractivity contribution in [3.8, 4) is 0 Å². The predicted octanol–water partition coefficient (Wildman–Crippen LogP) is 5.80.